The molecule has 0 atom stereocenters. The summed E-state index contributed by atoms with van der Waals surface area (Å²) in [5.41, 5.74) is 5.54. The third kappa shape index (κ3) is 4.82. The molecule has 2 amide bonds. The minimum Gasteiger partial charge on any atom is -0.467 e. The Morgan fingerprint density at radius 2 is 1.91 bits per heavy atom. The molecule has 0 saturated heterocycles. The van der Waals surface area contributed by atoms with Gasteiger partial charge in [-0.2, -0.15) is 0 Å². The smallest absolute Gasteiger partial charge is 0.249 e. The van der Waals surface area contributed by atoms with E-state index in [9.17, 15) is 9.59 Å². The van der Waals surface area contributed by atoms with Crippen molar-refractivity contribution in [3.63, 3.8) is 0 Å². The molecule has 35 heavy (non-hydrogen) atoms. The van der Waals surface area contributed by atoms with Crippen molar-refractivity contribution in [2.45, 2.75) is 58.4 Å². The first-order valence-electron chi connectivity index (χ1n) is 12.2. The first kappa shape index (κ1) is 23.5. The van der Waals surface area contributed by atoms with Gasteiger partial charge >= 0.3 is 0 Å². The molecule has 0 unspecified atom stereocenters. The lowest BCUT2D eigenvalue weighted by atomic mass is 9.85. The molecular formula is C28H31N3O3S. The van der Waals surface area contributed by atoms with Crippen LogP contribution < -0.4 is 10.2 Å². The molecule has 0 radical (unpaired) electrons. The van der Waals surface area contributed by atoms with Crippen molar-refractivity contribution < 1.29 is 14.0 Å². The van der Waals surface area contributed by atoms with Crippen LogP contribution in [0.3, 0.4) is 0 Å². The number of hydrogen-bond acceptors (Lipinski definition) is 5. The Kier molecular flexibility index (Phi) is 6.36. The Bertz CT molecular complexity index is 1260. The molecule has 3 aromatic rings. The Morgan fingerprint density at radius 1 is 1.14 bits per heavy atom. The Balaban J connectivity index is 1.49. The van der Waals surface area contributed by atoms with Gasteiger partial charge in [0.1, 0.15) is 23.9 Å². The molecule has 1 aliphatic carbocycles. The number of aryl methyl sites for hydroxylation is 1. The summed E-state index contributed by atoms with van der Waals surface area (Å²) in [5.74, 6) is 0.307. The van der Waals surface area contributed by atoms with E-state index in [0.717, 1.165) is 47.5 Å². The third-order valence-electron chi connectivity index (χ3n) is 6.67. The number of thiophene rings is 1. The predicted octanol–water partition coefficient (Wildman–Crippen LogP) is 5.02. The SMILES string of the molecule is CC(C)(C)c1ccc(C2=NCC(=O)N(CC(=O)NCc3ccco3)c3sc4c(c32)CCCC4)cc1. The van der Waals surface area contributed by atoms with Crippen molar-refractivity contribution in [1.29, 1.82) is 0 Å². The highest BCUT2D eigenvalue weighted by atomic mass is 32.1. The maximum atomic E-state index is 13.2. The lowest BCUT2D eigenvalue weighted by Gasteiger charge is -2.21. The molecule has 0 bridgehead atoms. The molecule has 0 spiro atoms. The molecule has 5 rings (SSSR count). The minimum atomic E-state index is -0.218. The summed E-state index contributed by atoms with van der Waals surface area (Å²) in [6, 6.07) is 12.1. The van der Waals surface area contributed by atoms with Gasteiger partial charge in [0.25, 0.3) is 0 Å². The van der Waals surface area contributed by atoms with Crippen LogP contribution in [0.2, 0.25) is 0 Å². The first-order valence-corrected chi connectivity index (χ1v) is 13.0. The van der Waals surface area contributed by atoms with Gasteiger partial charge in [-0.1, -0.05) is 45.0 Å². The second kappa shape index (κ2) is 9.46. The van der Waals surface area contributed by atoms with Crippen LogP contribution in [0.15, 0.2) is 52.1 Å². The summed E-state index contributed by atoms with van der Waals surface area (Å²) < 4.78 is 5.31. The molecule has 1 aliphatic heterocycles. The van der Waals surface area contributed by atoms with Crippen LogP contribution in [-0.2, 0) is 34.4 Å². The van der Waals surface area contributed by atoms with Crippen LogP contribution in [0.4, 0.5) is 5.00 Å². The lowest BCUT2D eigenvalue weighted by molar-refractivity contribution is -0.123. The number of furan rings is 1. The zero-order chi connectivity index (χ0) is 24.6. The number of carbonyl (C=O) groups is 2. The number of fused-ring (bicyclic) bond motifs is 3. The van der Waals surface area contributed by atoms with Crippen molar-refractivity contribution >= 4 is 33.9 Å². The zero-order valence-electron chi connectivity index (χ0n) is 20.5. The maximum Gasteiger partial charge on any atom is 0.249 e. The van der Waals surface area contributed by atoms with E-state index in [4.69, 9.17) is 9.41 Å². The topological polar surface area (TPSA) is 74.9 Å². The molecule has 2 aliphatic rings. The Morgan fingerprint density at radius 3 is 2.63 bits per heavy atom. The molecule has 0 fully saturated rings. The molecule has 182 valence electrons. The predicted molar refractivity (Wildman–Crippen MR) is 140 cm³/mol. The molecule has 2 aromatic heterocycles. The molecule has 1 aromatic carbocycles. The molecule has 6 nitrogen and oxygen atoms in total. The van der Waals surface area contributed by atoms with Gasteiger partial charge in [-0.05, 0) is 54.4 Å². The van der Waals surface area contributed by atoms with Crippen molar-refractivity contribution in [3.8, 4) is 0 Å². The minimum absolute atomic E-state index is 0.0258. The first-order chi connectivity index (χ1) is 16.8. The summed E-state index contributed by atoms with van der Waals surface area (Å²) >= 11 is 1.65. The number of anilines is 1. The number of nitrogens with zero attached hydrogens (tertiary/aromatic N) is 2. The fraction of sp³-hybridized carbons (Fsp3) is 0.393. The van der Waals surface area contributed by atoms with Gasteiger partial charge in [-0.15, -0.1) is 11.3 Å². The fourth-order valence-electron chi connectivity index (χ4n) is 4.73. The molecular weight excluding hydrogens is 458 g/mol. The van der Waals surface area contributed by atoms with Crippen molar-refractivity contribution in [1.82, 2.24) is 5.32 Å². The molecule has 0 saturated carbocycles. The Hall–Kier alpha value is -3.19. The number of aliphatic imine (C=N–C) groups is 1. The number of amides is 2. The number of nitrogens with one attached hydrogen (secondary N) is 1. The zero-order valence-corrected chi connectivity index (χ0v) is 21.3. The van der Waals surface area contributed by atoms with E-state index < -0.39 is 0 Å². The largest absolute Gasteiger partial charge is 0.467 e. The second-order valence-electron chi connectivity index (χ2n) is 10.2. The van der Waals surface area contributed by atoms with Crippen LogP contribution in [0.25, 0.3) is 0 Å². The third-order valence-corrected chi connectivity index (χ3v) is 7.99. The van der Waals surface area contributed by atoms with Crippen LogP contribution in [0.1, 0.15) is 66.5 Å². The van der Waals surface area contributed by atoms with Crippen LogP contribution in [0.5, 0.6) is 0 Å². The van der Waals surface area contributed by atoms with E-state index >= 15 is 0 Å². The van der Waals surface area contributed by atoms with Crippen molar-refractivity contribution in [2.24, 2.45) is 4.99 Å². The van der Waals surface area contributed by atoms with Gasteiger partial charge in [-0.3, -0.25) is 19.5 Å². The van der Waals surface area contributed by atoms with Crippen molar-refractivity contribution in [3.05, 3.63) is 75.6 Å². The average Bonchev–Trinajstić information content (AvgIpc) is 3.47. The molecule has 3 heterocycles. The van der Waals surface area contributed by atoms with Gasteiger partial charge < -0.3 is 9.73 Å². The monoisotopic (exact) mass is 489 g/mol. The number of carbonyl (C=O) groups excluding carboxylic acids is 2. The van der Waals surface area contributed by atoms with Gasteiger partial charge in [0.15, 0.2) is 0 Å². The van der Waals surface area contributed by atoms with Gasteiger partial charge in [0.2, 0.25) is 11.8 Å². The molecule has 1 N–H and O–H groups in total. The average molecular weight is 490 g/mol. The standard InChI is InChI=1S/C28H31N3O3S/c1-28(2,3)19-12-10-18(11-13-19)26-25-21-8-4-5-9-22(21)35-27(25)31(24(33)16-30-26)17-23(32)29-15-20-7-6-14-34-20/h6-7,10-14H,4-5,8-9,15-17H2,1-3H3,(H,29,32). The van der Waals surface area contributed by atoms with E-state index in [1.54, 1.807) is 28.6 Å². The van der Waals surface area contributed by atoms with Crippen LogP contribution >= 0.6 is 11.3 Å². The summed E-state index contributed by atoms with van der Waals surface area (Å²) in [7, 11) is 0. The van der Waals surface area contributed by atoms with Crippen LogP contribution in [0, 0.1) is 0 Å². The van der Waals surface area contributed by atoms with Crippen molar-refractivity contribution in [2.75, 3.05) is 18.0 Å². The summed E-state index contributed by atoms with van der Waals surface area (Å²) in [4.78, 5) is 33.8. The number of rotatable bonds is 5. The van der Waals surface area contributed by atoms with E-state index in [-0.39, 0.29) is 30.3 Å². The number of benzene rings is 1. The highest BCUT2D eigenvalue weighted by molar-refractivity contribution is 7.17. The highest BCUT2D eigenvalue weighted by Crippen LogP contribution is 2.42. The Labute approximate surface area is 210 Å². The second-order valence-corrected chi connectivity index (χ2v) is 11.3. The quantitative estimate of drug-likeness (QED) is 0.547. The summed E-state index contributed by atoms with van der Waals surface area (Å²) in [6.07, 6.45) is 5.85. The number of hydrogen-bond donors (Lipinski definition) is 1. The van der Waals surface area contributed by atoms with Crippen LogP contribution in [-0.4, -0.2) is 30.6 Å². The van der Waals surface area contributed by atoms with E-state index in [0.29, 0.717) is 12.3 Å². The summed E-state index contributed by atoms with van der Waals surface area (Å²) in [6.45, 7) is 6.89. The van der Waals surface area contributed by atoms with Gasteiger partial charge in [0, 0.05) is 16.0 Å². The van der Waals surface area contributed by atoms with Gasteiger partial charge in [0.05, 0.1) is 18.5 Å². The normalized spacial score (nSPS) is 15.8. The van der Waals surface area contributed by atoms with Gasteiger partial charge in [-0.25, -0.2) is 0 Å². The molecule has 7 heteroatoms. The lowest BCUT2D eigenvalue weighted by Crippen LogP contribution is -2.41. The summed E-state index contributed by atoms with van der Waals surface area (Å²) in [5, 5.41) is 3.72. The van der Waals surface area contributed by atoms with E-state index in [1.807, 2.05) is 6.07 Å². The van der Waals surface area contributed by atoms with E-state index in [1.165, 1.54) is 16.0 Å². The van der Waals surface area contributed by atoms with E-state index in [2.05, 4.69) is 50.4 Å². The highest BCUT2D eigenvalue weighted by Gasteiger charge is 2.33. The fourth-order valence-corrected chi connectivity index (χ4v) is 6.14. The maximum absolute atomic E-state index is 13.2.